The fourth-order valence-electron chi connectivity index (χ4n) is 3.29. The molecule has 0 atom stereocenters. The van der Waals surface area contributed by atoms with Gasteiger partial charge in [-0.3, -0.25) is 4.79 Å². The molecule has 164 valence electrons. The van der Waals surface area contributed by atoms with E-state index in [-0.39, 0.29) is 29.3 Å². The predicted octanol–water partition coefficient (Wildman–Crippen LogP) is 2.77. The van der Waals surface area contributed by atoms with E-state index in [1.54, 1.807) is 12.1 Å². The standard InChI is InChI=1S/C21H18F2N6O3/c1-21(2,20(31)32-3)16-19(30)25-17(27-26-16)15-12-7-5-9-24-18(12)29(28-15)10-11-6-4-8-13(22)14(11)23/h4-9H,10H2,1-3H3,(H,25,27,30). The van der Waals surface area contributed by atoms with Crippen LogP contribution in [0.15, 0.2) is 36.5 Å². The van der Waals surface area contributed by atoms with Crippen LogP contribution in [0.1, 0.15) is 25.1 Å². The Balaban J connectivity index is 1.80. The van der Waals surface area contributed by atoms with Crippen molar-refractivity contribution in [3.63, 3.8) is 0 Å². The molecule has 0 saturated carbocycles. The van der Waals surface area contributed by atoms with Crippen LogP contribution in [0.2, 0.25) is 0 Å². The van der Waals surface area contributed by atoms with E-state index in [0.29, 0.717) is 11.0 Å². The number of ether oxygens (including phenoxy) is 1. The first kappa shape index (κ1) is 21.2. The third-order valence-electron chi connectivity index (χ3n) is 5.03. The first-order chi connectivity index (χ1) is 15.2. The highest BCUT2D eigenvalue weighted by molar-refractivity contribution is 5.89. The largest absolute Gasteiger partial charge is 0.492 e. The van der Waals surface area contributed by atoms with Crippen molar-refractivity contribution in [2.75, 3.05) is 7.11 Å². The number of carbonyl (C=O) groups excluding carboxylic acids is 1. The smallest absolute Gasteiger partial charge is 0.317 e. The summed E-state index contributed by atoms with van der Waals surface area (Å²) in [5.41, 5.74) is -0.640. The summed E-state index contributed by atoms with van der Waals surface area (Å²) in [5.74, 6) is -3.09. The zero-order chi connectivity index (χ0) is 23.0. The van der Waals surface area contributed by atoms with E-state index in [4.69, 9.17) is 4.74 Å². The Labute approximate surface area is 180 Å². The fraction of sp³-hybridized carbons (Fsp3) is 0.238. The van der Waals surface area contributed by atoms with Gasteiger partial charge in [0.2, 0.25) is 11.7 Å². The monoisotopic (exact) mass is 440 g/mol. The van der Waals surface area contributed by atoms with Crippen molar-refractivity contribution in [3.05, 3.63) is 59.4 Å². The van der Waals surface area contributed by atoms with Crippen molar-refractivity contribution in [1.29, 1.82) is 0 Å². The lowest BCUT2D eigenvalue weighted by Gasteiger charge is -2.20. The molecule has 0 aliphatic heterocycles. The number of aromatic hydroxyl groups is 1. The van der Waals surface area contributed by atoms with Crippen LogP contribution in [-0.2, 0) is 21.5 Å². The Hall–Kier alpha value is -4.02. The molecule has 0 aliphatic carbocycles. The summed E-state index contributed by atoms with van der Waals surface area (Å²) < 4.78 is 33.9. The van der Waals surface area contributed by atoms with Crippen molar-refractivity contribution >= 4 is 17.0 Å². The van der Waals surface area contributed by atoms with Crippen LogP contribution in [-0.4, -0.2) is 48.1 Å². The molecule has 9 nitrogen and oxygen atoms in total. The number of carbonyl (C=O) groups is 1. The van der Waals surface area contributed by atoms with Gasteiger partial charge in [0.25, 0.3) is 0 Å². The normalized spacial score (nSPS) is 11.7. The molecule has 3 heterocycles. The van der Waals surface area contributed by atoms with Crippen LogP contribution in [0.4, 0.5) is 8.78 Å². The van der Waals surface area contributed by atoms with E-state index in [1.165, 1.54) is 44.0 Å². The number of hydrogen-bond donors (Lipinski definition) is 1. The molecule has 0 aliphatic rings. The van der Waals surface area contributed by atoms with Crippen LogP contribution >= 0.6 is 0 Å². The zero-order valence-electron chi connectivity index (χ0n) is 17.4. The Morgan fingerprint density at radius 3 is 2.69 bits per heavy atom. The Kier molecular flexibility index (Phi) is 5.25. The van der Waals surface area contributed by atoms with Gasteiger partial charge in [-0.25, -0.2) is 18.4 Å². The number of hydrogen-bond acceptors (Lipinski definition) is 8. The number of benzene rings is 1. The van der Waals surface area contributed by atoms with Crippen LogP contribution in [0.25, 0.3) is 22.6 Å². The van der Waals surface area contributed by atoms with Gasteiger partial charge >= 0.3 is 5.97 Å². The summed E-state index contributed by atoms with van der Waals surface area (Å²) in [7, 11) is 1.23. The molecule has 0 fully saturated rings. The highest BCUT2D eigenvalue weighted by Gasteiger charge is 2.37. The van der Waals surface area contributed by atoms with Gasteiger partial charge in [0, 0.05) is 11.8 Å². The van der Waals surface area contributed by atoms with Gasteiger partial charge in [-0.15, -0.1) is 10.2 Å². The van der Waals surface area contributed by atoms with Crippen molar-refractivity contribution in [1.82, 2.24) is 29.9 Å². The highest BCUT2D eigenvalue weighted by atomic mass is 19.2. The molecule has 1 N–H and O–H groups in total. The van der Waals surface area contributed by atoms with Crippen molar-refractivity contribution in [2.24, 2.45) is 0 Å². The first-order valence-electron chi connectivity index (χ1n) is 9.51. The highest BCUT2D eigenvalue weighted by Crippen LogP contribution is 2.31. The number of fused-ring (bicyclic) bond motifs is 1. The van der Waals surface area contributed by atoms with Crippen LogP contribution in [0, 0.1) is 11.6 Å². The molecule has 0 amide bonds. The van der Waals surface area contributed by atoms with Gasteiger partial charge in [0.15, 0.2) is 17.3 Å². The van der Waals surface area contributed by atoms with Gasteiger partial charge in [0.05, 0.1) is 19.0 Å². The molecule has 3 aromatic heterocycles. The predicted molar refractivity (Wildman–Crippen MR) is 109 cm³/mol. The minimum Gasteiger partial charge on any atom is -0.492 e. The average molecular weight is 440 g/mol. The van der Waals surface area contributed by atoms with E-state index in [2.05, 4.69) is 25.3 Å². The molecule has 0 unspecified atom stereocenters. The number of aromatic nitrogens is 6. The minimum absolute atomic E-state index is 0.0246. The van der Waals surface area contributed by atoms with Gasteiger partial charge in [-0.1, -0.05) is 12.1 Å². The topological polar surface area (TPSA) is 116 Å². The summed E-state index contributed by atoms with van der Waals surface area (Å²) in [6.07, 6.45) is 1.53. The summed E-state index contributed by atoms with van der Waals surface area (Å²) in [6, 6.07) is 7.25. The lowest BCUT2D eigenvalue weighted by Crippen LogP contribution is -2.32. The number of esters is 1. The lowest BCUT2D eigenvalue weighted by atomic mass is 9.89. The minimum atomic E-state index is -1.28. The van der Waals surface area contributed by atoms with E-state index in [0.717, 1.165) is 6.07 Å². The van der Waals surface area contributed by atoms with E-state index in [1.807, 2.05) is 0 Å². The molecule has 0 spiro atoms. The molecular weight excluding hydrogens is 422 g/mol. The summed E-state index contributed by atoms with van der Waals surface area (Å²) in [6.45, 7) is 2.95. The summed E-state index contributed by atoms with van der Waals surface area (Å²) in [5, 5.41) is 23.4. The maximum absolute atomic E-state index is 14.2. The number of pyridine rings is 1. The van der Waals surface area contributed by atoms with Crippen LogP contribution in [0.3, 0.4) is 0 Å². The first-order valence-corrected chi connectivity index (χ1v) is 9.51. The second kappa shape index (κ2) is 7.91. The van der Waals surface area contributed by atoms with Crippen molar-refractivity contribution < 1.29 is 23.4 Å². The molecule has 4 rings (SSSR count). The van der Waals surface area contributed by atoms with E-state index >= 15 is 0 Å². The molecule has 0 radical (unpaired) electrons. The van der Waals surface area contributed by atoms with Crippen LogP contribution < -0.4 is 0 Å². The van der Waals surface area contributed by atoms with Gasteiger partial charge < -0.3 is 9.84 Å². The van der Waals surface area contributed by atoms with Gasteiger partial charge in [0.1, 0.15) is 16.8 Å². The molecule has 4 aromatic rings. The summed E-state index contributed by atoms with van der Waals surface area (Å²) in [4.78, 5) is 20.4. The summed E-state index contributed by atoms with van der Waals surface area (Å²) >= 11 is 0. The second-order valence-corrected chi connectivity index (χ2v) is 7.52. The maximum Gasteiger partial charge on any atom is 0.317 e. The van der Waals surface area contributed by atoms with Gasteiger partial charge in [-0.2, -0.15) is 10.1 Å². The molecule has 11 heteroatoms. The fourth-order valence-corrected chi connectivity index (χ4v) is 3.29. The quantitative estimate of drug-likeness (QED) is 0.471. The Morgan fingerprint density at radius 2 is 1.97 bits per heavy atom. The maximum atomic E-state index is 14.2. The zero-order valence-corrected chi connectivity index (χ0v) is 17.4. The van der Waals surface area contributed by atoms with E-state index < -0.39 is 28.9 Å². The van der Waals surface area contributed by atoms with Gasteiger partial charge in [-0.05, 0) is 32.0 Å². The molecule has 32 heavy (non-hydrogen) atoms. The molecule has 0 saturated heterocycles. The number of rotatable bonds is 5. The average Bonchev–Trinajstić information content (AvgIpc) is 3.14. The number of halogens is 2. The second-order valence-electron chi connectivity index (χ2n) is 7.52. The molecule has 0 bridgehead atoms. The molecular formula is C21H18F2N6O3. The van der Waals surface area contributed by atoms with Crippen molar-refractivity contribution in [3.8, 4) is 17.4 Å². The number of nitrogens with zero attached hydrogens (tertiary/aromatic N) is 6. The third-order valence-corrected chi connectivity index (χ3v) is 5.03. The van der Waals surface area contributed by atoms with E-state index in [9.17, 15) is 18.7 Å². The lowest BCUT2D eigenvalue weighted by molar-refractivity contribution is -0.146. The van der Waals surface area contributed by atoms with Crippen molar-refractivity contribution in [2.45, 2.75) is 25.8 Å². The third kappa shape index (κ3) is 3.51. The SMILES string of the molecule is COC(=O)C(C)(C)c1nnc(-c2nn(Cc3cccc(F)c3F)c3ncccc23)nc1O. The number of methoxy groups -OCH3 is 1. The Bertz CT molecular complexity index is 1340. The Morgan fingerprint density at radius 1 is 1.19 bits per heavy atom. The molecule has 1 aromatic carbocycles. The van der Waals surface area contributed by atoms with Crippen LogP contribution in [0.5, 0.6) is 5.88 Å².